The Morgan fingerprint density at radius 1 is 1.25 bits per heavy atom. The van der Waals surface area contributed by atoms with E-state index < -0.39 is 0 Å². The van der Waals surface area contributed by atoms with Gasteiger partial charge in [-0.1, -0.05) is 44.2 Å². The Bertz CT molecular complexity index is 332. The second-order valence-electron chi connectivity index (χ2n) is 4.43. The molecule has 0 aliphatic carbocycles. The predicted octanol–water partition coefficient (Wildman–Crippen LogP) is 2.90. The van der Waals surface area contributed by atoms with Crippen LogP contribution in [0.2, 0.25) is 0 Å². The Hall–Kier alpha value is -1.15. The molecule has 0 fully saturated rings. The lowest BCUT2D eigenvalue weighted by Gasteiger charge is -2.29. The summed E-state index contributed by atoms with van der Waals surface area (Å²) in [5, 5.41) is 0. The van der Waals surface area contributed by atoms with Crippen LogP contribution in [0.3, 0.4) is 0 Å². The fourth-order valence-electron chi connectivity index (χ4n) is 2.18. The highest BCUT2D eigenvalue weighted by atomic mass is 16.1. The van der Waals surface area contributed by atoms with Gasteiger partial charge in [0.2, 0.25) is 0 Å². The van der Waals surface area contributed by atoms with Gasteiger partial charge in [0.25, 0.3) is 0 Å². The summed E-state index contributed by atoms with van der Waals surface area (Å²) >= 11 is 0. The highest BCUT2D eigenvalue weighted by Crippen LogP contribution is 2.27. The zero-order valence-electron chi connectivity index (χ0n) is 10.6. The molecule has 2 atom stereocenters. The Morgan fingerprint density at radius 3 is 2.25 bits per heavy atom. The Kier molecular flexibility index (Phi) is 4.69. The molecule has 0 amide bonds. The number of hydrogen-bond acceptors (Lipinski definition) is 2. The maximum atomic E-state index is 11.8. The van der Waals surface area contributed by atoms with E-state index in [1.165, 1.54) is 5.56 Å². The maximum Gasteiger partial charge on any atom is 0.137 e. The van der Waals surface area contributed by atoms with Crippen molar-refractivity contribution in [2.45, 2.75) is 26.3 Å². The van der Waals surface area contributed by atoms with E-state index in [-0.39, 0.29) is 12.0 Å². The summed E-state index contributed by atoms with van der Waals surface area (Å²) < 4.78 is 0. The van der Waals surface area contributed by atoms with Crippen LogP contribution in [0.25, 0.3) is 0 Å². The highest BCUT2D eigenvalue weighted by molar-refractivity contribution is 5.81. The lowest BCUT2D eigenvalue weighted by Crippen LogP contribution is -2.30. The van der Waals surface area contributed by atoms with Crippen molar-refractivity contribution < 1.29 is 4.79 Å². The van der Waals surface area contributed by atoms with E-state index >= 15 is 0 Å². The van der Waals surface area contributed by atoms with Crippen molar-refractivity contribution in [3.8, 4) is 0 Å². The van der Waals surface area contributed by atoms with Crippen LogP contribution in [-0.4, -0.2) is 24.8 Å². The normalized spacial score (nSPS) is 14.8. The van der Waals surface area contributed by atoms with E-state index in [0.29, 0.717) is 12.2 Å². The van der Waals surface area contributed by atoms with Crippen molar-refractivity contribution >= 4 is 5.78 Å². The van der Waals surface area contributed by atoms with Crippen molar-refractivity contribution in [3.63, 3.8) is 0 Å². The number of Topliss-reactive ketones (excluding diaryl/α,β-unsaturated/α-hetero) is 1. The highest BCUT2D eigenvalue weighted by Gasteiger charge is 2.25. The van der Waals surface area contributed by atoms with Gasteiger partial charge in [0.1, 0.15) is 5.78 Å². The first-order valence-electron chi connectivity index (χ1n) is 5.82. The van der Waals surface area contributed by atoms with E-state index in [1.807, 2.05) is 46.1 Å². The molecule has 0 saturated heterocycles. The standard InChI is InChI=1S/C14H21NO/c1-5-13(16)11(2)14(15(3)4)12-9-7-6-8-10-12/h6-11,14H,5H2,1-4H3/t11-,14-/m1/s1. The van der Waals surface area contributed by atoms with Gasteiger partial charge >= 0.3 is 0 Å². The molecule has 0 saturated carbocycles. The first-order valence-corrected chi connectivity index (χ1v) is 5.82. The molecule has 0 radical (unpaired) electrons. The summed E-state index contributed by atoms with van der Waals surface area (Å²) in [6, 6.07) is 10.4. The van der Waals surface area contributed by atoms with Gasteiger partial charge in [-0.2, -0.15) is 0 Å². The van der Waals surface area contributed by atoms with Crippen LogP contribution in [0.1, 0.15) is 31.9 Å². The monoisotopic (exact) mass is 219 g/mol. The lowest BCUT2D eigenvalue weighted by atomic mass is 9.89. The molecule has 2 heteroatoms. The second kappa shape index (κ2) is 5.80. The van der Waals surface area contributed by atoms with Gasteiger partial charge in [0.15, 0.2) is 0 Å². The average molecular weight is 219 g/mol. The molecule has 88 valence electrons. The molecule has 0 bridgehead atoms. The average Bonchev–Trinajstić information content (AvgIpc) is 2.29. The van der Waals surface area contributed by atoms with Crippen LogP contribution in [0.5, 0.6) is 0 Å². The van der Waals surface area contributed by atoms with Crippen molar-refractivity contribution in [2.24, 2.45) is 5.92 Å². The molecule has 0 aliphatic rings. The molecule has 1 rings (SSSR count). The van der Waals surface area contributed by atoms with Gasteiger partial charge in [0.05, 0.1) is 0 Å². The largest absolute Gasteiger partial charge is 0.302 e. The van der Waals surface area contributed by atoms with Crippen LogP contribution < -0.4 is 0 Å². The number of carbonyl (C=O) groups is 1. The van der Waals surface area contributed by atoms with Gasteiger partial charge in [-0.3, -0.25) is 4.79 Å². The van der Waals surface area contributed by atoms with E-state index in [2.05, 4.69) is 17.0 Å². The van der Waals surface area contributed by atoms with Crippen molar-refractivity contribution in [2.75, 3.05) is 14.1 Å². The van der Waals surface area contributed by atoms with Crippen LogP contribution in [0.4, 0.5) is 0 Å². The van der Waals surface area contributed by atoms with E-state index in [9.17, 15) is 4.79 Å². The number of carbonyl (C=O) groups excluding carboxylic acids is 1. The Balaban J connectivity index is 2.96. The Morgan fingerprint density at radius 2 is 1.81 bits per heavy atom. The first kappa shape index (κ1) is 12.9. The molecular formula is C14H21NO. The minimum Gasteiger partial charge on any atom is -0.302 e. The molecule has 0 aliphatic heterocycles. The summed E-state index contributed by atoms with van der Waals surface area (Å²) in [4.78, 5) is 13.9. The van der Waals surface area contributed by atoms with Crippen LogP contribution >= 0.6 is 0 Å². The first-order chi connectivity index (χ1) is 7.57. The van der Waals surface area contributed by atoms with Gasteiger partial charge < -0.3 is 4.90 Å². The van der Waals surface area contributed by atoms with Crippen molar-refractivity contribution in [1.82, 2.24) is 4.90 Å². The van der Waals surface area contributed by atoms with E-state index in [1.54, 1.807) is 0 Å². The molecule has 0 spiro atoms. The third-order valence-corrected chi connectivity index (χ3v) is 3.03. The minimum absolute atomic E-state index is 0.0439. The molecule has 1 aromatic rings. The summed E-state index contributed by atoms with van der Waals surface area (Å²) in [5.74, 6) is 0.366. The van der Waals surface area contributed by atoms with Gasteiger partial charge in [-0.05, 0) is 19.7 Å². The number of ketones is 1. The molecule has 16 heavy (non-hydrogen) atoms. The third-order valence-electron chi connectivity index (χ3n) is 3.03. The van der Waals surface area contributed by atoms with Gasteiger partial charge in [-0.25, -0.2) is 0 Å². The van der Waals surface area contributed by atoms with Gasteiger partial charge in [-0.15, -0.1) is 0 Å². The van der Waals surface area contributed by atoms with Crippen LogP contribution in [0.15, 0.2) is 30.3 Å². The van der Waals surface area contributed by atoms with Crippen molar-refractivity contribution in [3.05, 3.63) is 35.9 Å². The maximum absolute atomic E-state index is 11.8. The molecule has 1 aromatic carbocycles. The summed E-state index contributed by atoms with van der Waals surface area (Å²) in [6.07, 6.45) is 0.609. The summed E-state index contributed by atoms with van der Waals surface area (Å²) in [5.41, 5.74) is 1.21. The lowest BCUT2D eigenvalue weighted by molar-refractivity contribution is -0.124. The number of nitrogens with zero attached hydrogens (tertiary/aromatic N) is 1. The number of rotatable bonds is 5. The predicted molar refractivity (Wildman–Crippen MR) is 67.3 cm³/mol. The van der Waals surface area contributed by atoms with E-state index in [4.69, 9.17) is 0 Å². The SMILES string of the molecule is CCC(=O)[C@@H](C)[C@H](c1ccccc1)N(C)C. The number of hydrogen-bond donors (Lipinski definition) is 0. The number of benzene rings is 1. The second-order valence-corrected chi connectivity index (χ2v) is 4.43. The van der Waals surface area contributed by atoms with E-state index in [0.717, 1.165) is 0 Å². The smallest absolute Gasteiger partial charge is 0.137 e. The van der Waals surface area contributed by atoms with Crippen molar-refractivity contribution in [1.29, 1.82) is 0 Å². The zero-order chi connectivity index (χ0) is 12.1. The van der Waals surface area contributed by atoms with Crippen LogP contribution in [0, 0.1) is 5.92 Å². The third kappa shape index (κ3) is 2.92. The minimum atomic E-state index is 0.0439. The molecule has 0 unspecified atom stereocenters. The quantitative estimate of drug-likeness (QED) is 0.759. The fourth-order valence-corrected chi connectivity index (χ4v) is 2.18. The summed E-state index contributed by atoms with van der Waals surface area (Å²) in [6.45, 7) is 3.94. The molecule has 0 heterocycles. The van der Waals surface area contributed by atoms with Gasteiger partial charge in [0, 0.05) is 18.4 Å². The Labute approximate surface area is 98.3 Å². The summed E-state index contributed by atoms with van der Waals surface area (Å²) in [7, 11) is 4.05. The molecular weight excluding hydrogens is 198 g/mol. The molecule has 0 aromatic heterocycles. The molecule has 0 N–H and O–H groups in total. The zero-order valence-corrected chi connectivity index (χ0v) is 10.6. The molecule has 2 nitrogen and oxygen atoms in total. The fraction of sp³-hybridized carbons (Fsp3) is 0.500. The topological polar surface area (TPSA) is 20.3 Å². The van der Waals surface area contributed by atoms with Crippen LogP contribution in [-0.2, 0) is 4.79 Å².